The summed E-state index contributed by atoms with van der Waals surface area (Å²) in [6.45, 7) is 4.10. The molecule has 2 N–H and O–H groups in total. The van der Waals surface area contributed by atoms with Crippen molar-refractivity contribution in [3.05, 3.63) is 170 Å². The van der Waals surface area contributed by atoms with Crippen molar-refractivity contribution in [3.63, 3.8) is 0 Å². The molecular formula is C66H101O11P. The highest BCUT2D eigenvalue weighted by molar-refractivity contribution is 7.47. The number of esters is 3. The Morgan fingerprint density at radius 2 is 0.667 bits per heavy atom. The second-order valence-electron chi connectivity index (χ2n) is 18.3. The van der Waals surface area contributed by atoms with Crippen LogP contribution < -0.4 is 0 Å². The van der Waals surface area contributed by atoms with Crippen LogP contribution in [0, 0.1) is 0 Å². The fourth-order valence-corrected chi connectivity index (χ4v) is 7.63. The lowest BCUT2D eigenvalue weighted by atomic mass is 10.1. The summed E-state index contributed by atoms with van der Waals surface area (Å²) in [4.78, 5) is 48.5. The minimum atomic E-state index is -4.80. The van der Waals surface area contributed by atoms with Crippen molar-refractivity contribution in [2.45, 2.75) is 200 Å². The number of aliphatic hydroxyl groups is 1. The Kier molecular flexibility index (Phi) is 54.2. The summed E-state index contributed by atoms with van der Waals surface area (Å²) in [5.74, 6) is -1.68. The summed E-state index contributed by atoms with van der Waals surface area (Å²) in [5.41, 5.74) is 0. The maximum absolute atomic E-state index is 12.9. The van der Waals surface area contributed by atoms with E-state index >= 15 is 0 Å². The summed E-state index contributed by atoms with van der Waals surface area (Å²) in [5, 5.41) is 9.82. The van der Waals surface area contributed by atoms with Crippen LogP contribution >= 0.6 is 7.82 Å². The summed E-state index contributed by atoms with van der Waals surface area (Å²) >= 11 is 0. The Balaban J connectivity index is 4.96. The third-order valence-corrected chi connectivity index (χ3v) is 12.1. The van der Waals surface area contributed by atoms with E-state index in [1.807, 2.05) is 24.3 Å². The number of carbonyl (C=O) groups excluding carboxylic acids is 3. The Bertz CT molecular complexity index is 1960. The number of ether oxygens (including phenoxy) is 3. The molecule has 0 fully saturated rings. The highest BCUT2D eigenvalue weighted by atomic mass is 31.2. The maximum Gasteiger partial charge on any atom is 0.472 e. The van der Waals surface area contributed by atoms with Crippen LogP contribution in [0.15, 0.2) is 170 Å². The molecule has 0 aliphatic carbocycles. The van der Waals surface area contributed by atoms with Gasteiger partial charge >= 0.3 is 25.7 Å². The smallest absolute Gasteiger partial charge is 0.462 e. The SMILES string of the molecule is CC/C=C\C/C=C\C/C=C\C/C=C\C/C=C\C/C=C\CCC(=O)OCC(COP(=O)(O)OCC(CO)OC(=O)CCCCCCC/C=C\C/C=C\C/C=C\CC)OC(=O)CCC/C=C\C/C=C\C/C=C\C/C=C\C/C=C\CC. The van der Waals surface area contributed by atoms with E-state index in [0.29, 0.717) is 25.7 Å². The zero-order valence-electron chi connectivity index (χ0n) is 48.0. The fraction of sp³-hybridized carbons (Fsp3) is 0.530. The lowest BCUT2D eigenvalue weighted by Gasteiger charge is -2.21. The highest BCUT2D eigenvalue weighted by Crippen LogP contribution is 2.43. The molecule has 0 heterocycles. The van der Waals surface area contributed by atoms with Gasteiger partial charge in [0.1, 0.15) is 12.7 Å². The van der Waals surface area contributed by atoms with Crippen LogP contribution in [0.25, 0.3) is 0 Å². The van der Waals surface area contributed by atoms with Crippen LogP contribution in [0.5, 0.6) is 0 Å². The van der Waals surface area contributed by atoms with Gasteiger partial charge in [-0.25, -0.2) is 4.57 Å². The molecular weight excluding hydrogens is 1000 g/mol. The summed E-state index contributed by atoms with van der Waals surface area (Å²) in [6, 6.07) is 0. The molecule has 0 aromatic carbocycles. The molecule has 0 rings (SSSR count). The molecule has 12 heteroatoms. The molecule has 78 heavy (non-hydrogen) atoms. The predicted octanol–water partition coefficient (Wildman–Crippen LogP) is 17.5. The largest absolute Gasteiger partial charge is 0.472 e. The molecule has 0 amide bonds. The molecule has 11 nitrogen and oxygen atoms in total. The van der Waals surface area contributed by atoms with Gasteiger partial charge in [-0.2, -0.15) is 0 Å². The van der Waals surface area contributed by atoms with Crippen LogP contribution in [-0.4, -0.2) is 66.5 Å². The minimum absolute atomic E-state index is 0.0615. The lowest BCUT2D eigenvalue weighted by Crippen LogP contribution is -2.30. The first-order chi connectivity index (χ1) is 38.2. The van der Waals surface area contributed by atoms with Crippen molar-refractivity contribution >= 4 is 25.7 Å². The molecule has 0 saturated heterocycles. The van der Waals surface area contributed by atoms with Crippen LogP contribution in [0.1, 0.15) is 188 Å². The summed E-state index contributed by atoms with van der Waals surface area (Å²) < 4.78 is 39.4. The average molecular weight is 1100 g/mol. The molecule has 0 spiro atoms. The summed E-state index contributed by atoms with van der Waals surface area (Å²) in [6.07, 6.45) is 77.6. The molecule has 0 aliphatic rings. The van der Waals surface area contributed by atoms with Crippen molar-refractivity contribution < 1.29 is 52.2 Å². The van der Waals surface area contributed by atoms with Gasteiger partial charge in [-0.05, 0) is 128 Å². The third kappa shape index (κ3) is 55.6. The first kappa shape index (κ1) is 72.8. The Morgan fingerprint density at radius 3 is 1.06 bits per heavy atom. The normalized spacial score (nSPS) is 14.6. The molecule has 0 aliphatic heterocycles. The van der Waals surface area contributed by atoms with Gasteiger partial charge in [0.15, 0.2) is 6.10 Å². The van der Waals surface area contributed by atoms with Crippen molar-refractivity contribution in [2.24, 2.45) is 0 Å². The van der Waals surface area contributed by atoms with E-state index in [1.165, 1.54) is 0 Å². The first-order valence-corrected chi connectivity index (χ1v) is 30.5. The van der Waals surface area contributed by atoms with E-state index in [4.69, 9.17) is 23.3 Å². The number of hydrogen-bond acceptors (Lipinski definition) is 10. The average Bonchev–Trinajstić information content (AvgIpc) is 3.43. The quantitative estimate of drug-likeness (QED) is 0.0197. The van der Waals surface area contributed by atoms with Gasteiger partial charge in [0.05, 0.1) is 19.8 Å². The number of carbonyl (C=O) groups is 3. The second kappa shape index (κ2) is 58.0. The standard InChI is InChI=1S/C66H101O11P/c1-4-7-10-13-16-19-22-25-28-30-31-33-35-37-40-43-46-49-52-55-64(68)73-59-63(77-66(70)57-54-51-48-45-42-39-36-32-29-26-23-20-17-14-11-8-5-2)61-75-78(71,72)74-60-62(58-67)76-65(69)56-53-50-47-44-41-38-34-27-24-21-18-15-12-9-6-3/h7-12,16-21,25-29,31,33-34,36-37,39-40,45-46,48-49,62-63,67H,4-6,13-15,22-24,30,32,35,38,41-44,47,50-61H2,1-3H3,(H,71,72)/b10-7-,11-8-,12-9-,19-16-,20-17-,21-18-,28-25-,29-26-,33-31-,34-27-,39-36-,40-37-,48-45-,49-46-. The van der Waals surface area contributed by atoms with E-state index in [0.717, 1.165) is 122 Å². The molecule has 0 aromatic heterocycles. The van der Waals surface area contributed by atoms with Gasteiger partial charge in [-0.15, -0.1) is 0 Å². The number of allylic oxidation sites excluding steroid dienone is 28. The monoisotopic (exact) mass is 1100 g/mol. The predicted molar refractivity (Wildman–Crippen MR) is 325 cm³/mol. The van der Waals surface area contributed by atoms with Gasteiger partial charge in [0.2, 0.25) is 0 Å². The van der Waals surface area contributed by atoms with E-state index in [1.54, 1.807) is 0 Å². The van der Waals surface area contributed by atoms with Crippen molar-refractivity contribution in [3.8, 4) is 0 Å². The number of hydrogen-bond donors (Lipinski definition) is 2. The Morgan fingerprint density at radius 1 is 0.359 bits per heavy atom. The maximum atomic E-state index is 12.9. The van der Waals surface area contributed by atoms with Gasteiger partial charge in [-0.3, -0.25) is 23.4 Å². The van der Waals surface area contributed by atoms with Crippen LogP contribution in [0.2, 0.25) is 0 Å². The molecule has 0 bridgehead atoms. The number of rotatable bonds is 51. The number of unbranched alkanes of at least 4 members (excludes halogenated alkanes) is 6. The molecule has 3 unspecified atom stereocenters. The van der Waals surface area contributed by atoms with Crippen molar-refractivity contribution in [1.29, 1.82) is 0 Å². The van der Waals surface area contributed by atoms with Gasteiger partial charge in [0, 0.05) is 19.3 Å². The molecule has 436 valence electrons. The zero-order chi connectivity index (χ0) is 56.9. The van der Waals surface area contributed by atoms with Crippen molar-refractivity contribution in [2.75, 3.05) is 26.4 Å². The number of phosphoric ester groups is 1. The van der Waals surface area contributed by atoms with Crippen LogP contribution in [0.4, 0.5) is 0 Å². The molecule has 0 aromatic rings. The van der Waals surface area contributed by atoms with Crippen LogP contribution in [0.3, 0.4) is 0 Å². The fourth-order valence-electron chi connectivity index (χ4n) is 6.84. The number of aliphatic hydroxyl groups excluding tert-OH is 1. The molecule has 3 atom stereocenters. The van der Waals surface area contributed by atoms with E-state index in [2.05, 4.69) is 167 Å². The molecule has 0 saturated carbocycles. The van der Waals surface area contributed by atoms with E-state index in [-0.39, 0.29) is 19.3 Å². The van der Waals surface area contributed by atoms with Gasteiger partial charge in [-0.1, -0.05) is 210 Å². The van der Waals surface area contributed by atoms with Gasteiger partial charge in [0.25, 0.3) is 0 Å². The third-order valence-electron chi connectivity index (χ3n) is 11.1. The Hall–Kier alpha value is -5.16. The minimum Gasteiger partial charge on any atom is -0.462 e. The zero-order valence-corrected chi connectivity index (χ0v) is 48.9. The topological polar surface area (TPSA) is 155 Å². The molecule has 0 radical (unpaired) electrons. The Labute approximate surface area is 472 Å². The van der Waals surface area contributed by atoms with Gasteiger partial charge < -0.3 is 24.2 Å². The van der Waals surface area contributed by atoms with E-state index < -0.39 is 64.4 Å². The number of phosphoric acid groups is 1. The second-order valence-corrected chi connectivity index (χ2v) is 19.8. The lowest BCUT2D eigenvalue weighted by molar-refractivity contribution is -0.161. The van der Waals surface area contributed by atoms with Crippen molar-refractivity contribution in [1.82, 2.24) is 0 Å². The van der Waals surface area contributed by atoms with Crippen LogP contribution in [-0.2, 0) is 42.2 Å². The van der Waals surface area contributed by atoms with E-state index in [9.17, 15) is 28.9 Å². The highest BCUT2D eigenvalue weighted by Gasteiger charge is 2.28. The summed E-state index contributed by atoms with van der Waals surface area (Å²) in [7, 11) is -4.80. The first-order valence-electron chi connectivity index (χ1n) is 29.0.